The zero-order valence-electron chi connectivity index (χ0n) is 37.8. The van der Waals surface area contributed by atoms with Gasteiger partial charge in [-0.25, -0.2) is 0 Å². The van der Waals surface area contributed by atoms with Gasteiger partial charge in [0.1, 0.15) is 13.2 Å². The second kappa shape index (κ2) is 47.4. The van der Waals surface area contributed by atoms with Gasteiger partial charge in [-0.3, -0.25) is 14.4 Å². The van der Waals surface area contributed by atoms with Crippen LogP contribution in [0.5, 0.6) is 0 Å². The number of ether oxygens (including phenoxy) is 3. The molecule has 6 heteroatoms. The van der Waals surface area contributed by atoms with E-state index in [0.717, 1.165) is 77.0 Å². The number of carbonyl (C=O) groups is 3. The third-order valence-corrected chi connectivity index (χ3v) is 8.55. The highest BCUT2D eigenvalue weighted by Gasteiger charge is 2.19. The molecule has 1 atom stereocenters. The molecule has 0 fully saturated rings. The van der Waals surface area contributed by atoms with Crippen LogP contribution in [-0.2, 0) is 28.6 Å². The van der Waals surface area contributed by atoms with Crippen LogP contribution in [-0.4, -0.2) is 37.2 Å². The molecule has 1 unspecified atom stereocenters. The van der Waals surface area contributed by atoms with Gasteiger partial charge < -0.3 is 14.2 Å². The van der Waals surface area contributed by atoms with Gasteiger partial charge in [-0.1, -0.05) is 210 Å². The van der Waals surface area contributed by atoms with E-state index in [9.17, 15) is 14.4 Å². The van der Waals surface area contributed by atoms with Gasteiger partial charge >= 0.3 is 17.9 Å². The molecule has 0 aromatic rings. The Bertz CT molecular complexity index is 1520. The predicted octanol–water partition coefficient (Wildman–Crippen LogP) is 14.9. The predicted molar refractivity (Wildman–Crippen MR) is 260 cm³/mol. The maximum Gasteiger partial charge on any atom is 0.306 e. The highest BCUT2D eigenvalue weighted by molar-refractivity contribution is 5.71. The summed E-state index contributed by atoms with van der Waals surface area (Å²) in [4.78, 5) is 37.8. The quantitative estimate of drug-likeness (QED) is 0.0268. The number of carbonyl (C=O) groups excluding carboxylic acids is 3. The summed E-state index contributed by atoms with van der Waals surface area (Å²) >= 11 is 0. The first-order valence-corrected chi connectivity index (χ1v) is 22.8. The second-order valence-corrected chi connectivity index (χ2v) is 14.1. The van der Waals surface area contributed by atoms with Gasteiger partial charge in [0, 0.05) is 19.3 Å². The first-order valence-electron chi connectivity index (χ1n) is 22.8. The third kappa shape index (κ3) is 45.7. The highest BCUT2D eigenvalue weighted by Crippen LogP contribution is 2.10. The van der Waals surface area contributed by atoms with Crippen molar-refractivity contribution in [2.24, 2.45) is 0 Å². The van der Waals surface area contributed by atoms with Crippen molar-refractivity contribution in [2.75, 3.05) is 13.2 Å². The molecule has 0 N–H and O–H groups in total. The zero-order chi connectivity index (χ0) is 44.4. The van der Waals surface area contributed by atoms with Crippen LogP contribution in [0.15, 0.2) is 170 Å². The number of unbranched alkanes of at least 4 members (excludes halogenated alkanes) is 9. The van der Waals surface area contributed by atoms with Crippen molar-refractivity contribution in [1.82, 2.24) is 0 Å². The van der Waals surface area contributed by atoms with Crippen molar-refractivity contribution in [3.05, 3.63) is 170 Å². The summed E-state index contributed by atoms with van der Waals surface area (Å²) in [6.07, 6.45) is 70.4. The molecule has 0 spiro atoms. The third-order valence-electron chi connectivity index (χ3n) is 8.55. The van der Waals surface area contributed by atoms with Crippen molar-refractivity contribution in [3.8, 4) is 0 Å². The number of allylic oxidation sites excluding steroid dienone is 28. The first-order chi connectivity index (χ1) is 30.0. The van der Waals surface area contributed by atoms with Gasteiger partial charge in [-0.2, -0.15) is 0 Å². The van der Waals surface area contributed by atoms with E-state index in [0.29, 0.717) is 19.3 Å². The minimum Gasteiger partial charge on any atom is -0.462 e. The minimum absolute atomic E-state index is 0.140. The Balaban J connectivity index is 4.68. The van der Waals surface area contributed by atoms with Gasteiger partial charge in [0.2, 0.25) is 0 Å². The molecule has 0 aromatic heterocycles. The van der Waals surface area contributed by atoms with Gasteiger partial charge in [0.05, 0.1) is 0 Å². The Hall–Kier alpha value is -5.23. The summed E-state index contributed by atoms with van der Waals surface area (Å²) in [6.45, 7) is 6.05. The molecule has 0 saturated carbocycles. The molecule has 0 amide bonds. The van der Waals surface area contributed by atoms with Crippen LogP contribution >= 0.6 is 0 Å². The molecule has 0 aliphatic rings. The average Bonchev–Trinajstić information content (AvgIpc) is 3.26. The van der Waals surface area contributed by atoms with Gasteiger partial charge in [0.25, 0.3) is 0 Å². The molecule has 0 bridgehead atoms. The first kappa shape index (κ1) is 55.8. The van der Waals surface area contributed by atoms with E-state index in [1.165, 1.54) is 0 Å². The Morgan fingerprint density at radius 3 is 0.885 bits per heavy atom. The van der Waals surface area contributed by atoms with E-state index in [2.05, 4.69) is 57.2 Å². The fourth-order valence-corrected chi connectivity index (χ4v) is 5.20. The molecule has 0 heterocycles. The molecule has 0 aliphatic heterocycles. The summed E-state index contributed by atoms with van der Waals surface area (Å²) in [7, 11) is 0. The molecule has 0 saturated heterocycles. The van der Waals surface area contributed by atoms with Gasteiger partial charge in [0.15, 0.2) is 6.10 Å². The summed E-state index contributed by atoms with van der Waals surface area (Å²) in [5, 5.41) is 0. The Kier molecular flexibility index (Phi) is 43.4. The molecular weight excluding hydrogens is 757 g/mol. The number of hydrogen-bond donors (Lipinski definition) is 0. The van der Waals surface area contributed by atoms with Crippen molar-refractivity contribution in [3.63, 3.8) is 0 Å². The van der Waals surface area contributed by atoms with E-state index in [1.807, 2.05) is 134 Å². The molecule has 61 heavy (non-hydrogen) atoms. The van der Waals surface area contributed by atoms with E-state index in [-0.39, 0.29) is 50.4 Å². The van der Waals surface area contributed by atoms with Crippen molar-refractivity contribution in [1.29, 1.82) is 0 Å². The van der Waals surface area contributed by atoms with Crippen LogP contribution in [0.1, 0.15) is 136 Å². The molecule has 0 radical (unpaired) electrons. The van der Waals surface area contributed by atoms with E-state index in [4.69, 9.17) is 14.2 Å². The lowest BCUT2D eigenvalue weighted by Gasteiger charge is -2.18. The fourth-order valence-electron chi connectivity index (χ4n) is 5.20. The Morgan fingerprint density at radius 1 is 0.328 bits per heavy atom. The lowest BCUT2D eigenvalue weighted by molar-refractivity contribution is -0.167. The van der Waals surface area contributed by atoms with Crippen LogP contribution in [0, 0.1) is 0 Å². The molecule has 0 aromatic carbocycles. The SMILES string of the molecule is CC\C=C/C=C\C=C/C=C\C=C/CCCCCC(=O)OCC(COC(=O)CCCCC\C=C/C=C\C=C/C=C\CC)OC(=O)CCCCC\C=C/C=C\C=C/C=C\C=C/CC. The Morgan fingerprint density at radius 2 is 0.590 bits per heavy atom. The van der Waals surface area contributed by atoms with Crippen molar-refractivity contribution < 1.29 is 28.6 Å². The monoisotopic (exact) mass is 835 g/mol. The fraction of sp³-hybridized carbons (Fsp3) is 0.436. The number of esters is 3. The van der Waals surface area contributed by atoms with Crippen LogP contribution in [0.2, 0.25) is 0 Å². The lowest BCUT2D eigenvalue weighted by Crippen LogP contribution is -2.30. The lowest BCUT2D eigenvalue weighted by atomic mass is 10.1. The highest BCUT2D eigenvalue weighted by atomic mass is 16.6. The van der Waals surface area contributed by atoms with Crippen molar-refractivity contribution >= 4 is 17.9 Å². The second-order valence-electron chi connectivity index (χ2n) is 14.1. The Labute approximate surface area is 371 Å². The average molecular weight is 835 g/mol. The maximum atomic E-state index is 12.7. The van der Waals surface area contributed by atoms with E-state index in [1.54, 1.807) is 0 Å². The molecule has 0 aliphatic carbocycles. The summed E-state index contributed by atoms with van der Waals surface area (Å²) in [5.41, 5.74) is 0. The summed E-state index contributed by atoms with van der Waals surface area (Å²) in [6, 6.07) is 0. The van der Waals surface area contributed by atoms with E-state index < -0.39 is 6.10 Å². The van der Waals surface area contributed by atoms with Crippen molar-refractivity contribution in [2.45, 2.75) is 142 Å². The van der Waals surface area contributed by atoms with E-state index >= 15 is 0 Å². The van der Waals surface area contributed by atoms with Crippen LogP contribution < -0.4 is 0 Å². The largest absolute Gasteiger partial charge is 0.462 e. The topological polar surface area (TPSA) is 78.9 Å². The molecule has 0 rings (SSSR count). The van der Waals surface area contributed by atoms with Crippen LogP contribution in [0.3, 0.4) is 0 Å². The standard InChI is InChI=1S/C55H78O6/c1-4-7-10-13-16-19-22-25-27-30-33-36-39-42-45-48-54(57)60-51-52(50-59-53(56)47-44-41-38-35-32-29-24-21-18-15-12-9-6-3)61-55(58)49-46-43-40-37-34-31-28-26-23-20-17-14-11-8-5-2/h7-34,52H,4-6,35-51H2,1-3H3/b10-7-,11-8-,12-9-,16-13-,17-14-,18-15-,22-19-,23-20-,24-21-,27-25-,28-26-,32-29-,33-30-,34-31-. The minimum atomic E-state index is -0.842. The number of hydrogen-bond acceptors (Lipinski definition) is 6. The molecule has 334 valence electrons. The summed E-state index contributed by atoms with van der Waals surface area (Å²) in [5.74, 6) is -1.08. The smallest absolute Gasteiger partial charge is 0.306 e. The zero-order valence-corrected chi connectivity index (χ0v) is 37.8. The normalized spacial score (nSPS) is 13.7. The van der Waals surface area contributed by atoms with Gasteiger partial charge in [-0.15, -0.1) is 0 Å². The van der Waals surface area contributed by atoms with Crippen LogP contribution in [0.4, 0.5) is 0 Å². The molecular formula is C55H78O6. The van der Waals surface area contributed by atoms with Crippen LogP contribution in [0.25, 0.3) is 0 Å². The summed E-state index contributed by atoms with van der Waals surface area (Å²) < 4.78 is 16.6. The maximum absolute atomic E-state index is 12.7. The molecule has 6 nitrogen and oxygen atoms in total. The number of rotatable bonds is 37. The van der Waals surface area contributed by atoms with Gasteiger partial charge in [-0.05, 0) is 77.0 Å².